The number of rotatable bonds is 5. The number of piperidine rings is 1. The van der Waals surface area contributed by atoms with Crippen molar-refractivity contribution in [2.75, 3.05) is 23.3 Å². The van der Waals surface area contributed by atoms with Gasteiger partial charge < -0.3 is 10.2 Å². The summed E-state index contributed by atoms with van der Waals surface area (Å²) in [6.07, 6.45) is 7.73. The van der Waals surface area contributed by atoms with Gasteiger partial charge >= 0.3 is 0 Å². The fourth-order valence-electron chi connectivity index (χ4n) is 3.39. The van der Waals surface area contributed by atoms with E-state index >= 15 is 0 Å². The molecule has 2 fully saturated rings. The predicted molar refractivity (Wildman–Crippen MR) is 97.0 cm³/mol. The minimum atomic E-state index is -0.0796. The number of aromatic nitrogens is 4. The summed E-state index contributed by atoms with van der Waals surface area (Å²) >= 11 is 0. The molecule has 0 radical (unpaired) electrons. The van der Waals surface area contributed by atoms with Crippen molar-refractivity contribution in [3.05, 3.63) is 40.6 Å². The molecule has 0 bridgehead atoms. The van der Waals surface area contributed by atoms with Crippen molar-refractivity contribution in [1.82, 2.24) is 19.7 Å². The summed E-state index contributed by atoms with van der Waals surface area (Å²) in [5.41, 5.74) is -0.0796. The highest BCUT2D eigenvalue weighted by Crippen LogP contribution is 2.38. The molecule has 1 aliphatic heterocycles. The maximum Gasteiger partial charge on any atom is 0.266 e. The van der Waals surface area contributed by atoms with Crippen LogP contribution in [0.5, 0.6) is 0 Å². The second-order valence-electron chi connectivity index (χ2n) is 6.95. The summed E-state index contributed by atoms with van der Waals surface area (Å²) in [7, 11) is 1.70. The summed E-state index contributed by atoms with van der Waals surface area (Å²) in [6, 6.07) is 5.70. The van der Waals surface area contributed by atoms with E-state index in [1.54, 1.807) is 13.1 Å². The molecular formula is C18H24N6O. The molecule has 7 nitrogen and oxygen atoms in total. The van der Waals surface area contributed by atoms with E-state index in [-0.39, 0.29) is 5.56 Å². The van der Waals surface area contributed by atoms with E-state index in [1.165, 1.54) is 23.9 Å². The Kier molecular flexibility index (Phi) is 4.38. The molecule has 3 heterocycles. The molecule has 1 unspecified atom stereocenters. The molecule has 132 valence electrons. The lowest BCUT2D eigenvalue weighted by Gasteiger charge is -2.36. The van der Waals surface area contributed by atoms with Gasteiger partial charge in [0.25, 0.3) is 5.56 Å². The molecule has 2 aromatic rings. The van der Waals surface area contributed by atoms with Crippen LogP contribution in [0.15, 0.2) is 29.2 Å². The number of nitrogens with one attached hydrogen (secondary N) is 1. The van der Waals surface area contributed by atoms with E-state index in [9.17, 15) is 4.79 Å². The zero-order chi connectivity index (χ0) is 17.2. The molecule has 1 saturated heterocycles. The Balaban J connectivity index is 1.46. The number of hydrogen-bond donors (Lipinski definition) is 1. The van der Waals surface area contributed by atoms with Crippen molar-refractivity contribution in [3.8, 4) is 0 Å². The lowest BCUT2D eigenvalue weighted by molar-refractivity contribution is 0.464. The van der Waals surface area contributed by atoms with E-state index in [1.807, 2.05) is 18.3 Å². The molecule has 4 rings (SSSR count). The first kappa shape index (κ1) is 16.1. The minimum absolute atomic E-state index is 0.0796. The van der Waals surface area contributed by atoms with Crippen LogP contribution in [0, 0.1) is 0 Å². The third-order valence-corrected chi connectivity index (χ3v) is 5.00. The fourth-order valence-corrected chi connectivity index (χ4v) is 3.39. The summed E-state index contributed by atoms with van der Waals surface area (Å²) in [4.78, 5) is 22.9. The Morgan fingerprint density at radius 3 is 2.88 bits per heavy atom. The van der Waals surface area contributed by atoms with Crippen molar-refractivity contribution >= 4 is 11.6 Å². The van der Waals surface area contributed by atoms with Crippen LogP contribution in [0.25, 0.3) is 0 Å². The second kappa shape index (κ2) is 6.82. The second-order valence-corrected chi connectivity index (χ2v) is 6.95. The smallest absolute Gasteiger partial charge is 0.266 e. The normalized spacial score (nSPS) is 20.5. The molecule has 2 aromatic heterocycles. The van der Waals surface area contributed by atoms with Gasteiger partial charge in [0.15, 0.2) is 0 Å². The largest absolute Gasteiger partial charge is 0.368 e. The molecule has 0 spiro atoms. The van der Waals surface area contributed by atoms with E-state index < -0.39 is 0 Å². The third kappa shape index (κ3) is 3.65. The Bertz CT molecular complexity index is 800. The molecule has 1 atom stereocenters. The molecule has 7 heteroatoms. The first-order valence-electron chi connectivity index (χ1n) is 9.08. The highest BCUT2D eigenvalue weighted by Gasteiger charge is 2.27. The zero-order valence-corrected chi connectivity index (χ0v) is 14.6. The number of nitrogens with zero attached hydrogens (tertiary/aromatic N) is 5. The van der Waals surface area contributed by atoms with E-state index in [4.69, 9.17) is 0 Å². The van der Waals surface area contributed by atoms with Crippen LogP contribution >= 0.6 is 0 Å². The minimum Gasteiger partial charge on any atom is -0.368 e. The average molecular weight is 340 g/mol. The molecule has 25 heavy (non-hydrogen) atoms. The van der Waals surface area contributed by atoms with Gasteiger partial charge in [-0.2, -0.15) is 5.10 Å². The van der Waals surface area contributed by atoms with Gasteiger partial charge in [0, 0.05) is 44.4 Å². The van der Waals surface area contributed by atoms with Gasteiger partial charge in [0.2, 0.25) is 0 Å². The maximum atomic E-state index is 11.6. The van der Waals surface area contributed by atoms with E-state index in [0.717, 1.165) is 43.4 Å². The standard InChI is InChI=1S/C18H24N6O/c1-23-17(25)8-7-16(22-23)24-11-3-2-4-14(24)12-20-15-9-10-19-18(21-15)13-5-6-13/h7-10,13-14H,2-6,11-12H2,1H3,(H,19,20,21). The quantitative estimate of drug-likeness (QED) is 0.896. The Morgan fingerprint density at radius 1 is 1.20 bits per heavy atom. The molecular weight excluding hydrogens is 316 g/mol. The van der Waals surface area contributed by atoms with Crippen LogP contribution in [0.2, 0.25) is 0 Å². The molecule has 1 aliphatic carbocycles. The third-order valence-electron chi connectivity index (χ3n) is 5.00. The monoisotopic (exact) mass is 340 g/mol. The summed E-state index contributed by atoms with van der Waals surface area (Å²) < 4.78 is 1.40. The Morgan fingerprint density at radius 2 is 2.08 bits per heavy atom. The summed E-state index contributed by atoms with van der Waals surface area (Å²) in [6.45, 7) is 1.78. The number of hydrogen-bond acceptors (Lipinski definition) is 6. The molecule has 0 amide bonds. The molecule has 1 N–H and O–H groups in total. The van der Waals surface area contributed by atoms with Crippen molar-refractivity contribution in [2.24, 2.45) is 7.05 Å². The van der Waals surface area contributed by atoms with Gasteiger partial charge in [-0.15, -0.1) is 0 Å². The first-order chi connectivity index (χ1) is 12.2. The van der Waals surface area contributed by atoms with Gasteiger partial charge in [0.1, 0.15) is 17.5 Å². The average Bonchev–Trinajstić information content (AvgIpc) is 3.48. The maximum absolute atomic E-state index is 11.6. The van der Waals surface area contributed by atoms with Crippen LogP contribution in [-0.2, 0) is 7.05 Å². The van der Waals surface area contributed by atoms with Gasteiger partial charge in [-0.05, 0) is 44.2 Å². The van der Waals surface area contributed by atoms with Crippen LogP contribution in [0.3, 0.4) is 0 Å². The van der Waals surface area contributed by atoms with Crippen molar-refractivity contribution < 1.29 is 0 Å². The van der Waals surface area contributed by atoms with Crippen LogP contribution in [0.1, 0.15) is 43.8 Å². The van der Waals surface area contributed by atoms with Crippen molar-refractivity contribution in [3.63, 3.8) is 0 Å². The highest BCUT2D eigenvalue weighted by atomic mass is 16.1. The Hall–Kier alpha value is -2.44. The number of aryl methyl sites for hydroxylation is 1. The molecule has 0 aromatic carbocycles. The zero-order valence-electron chi connectivity index (χ0n) is 14.6. The molecule has 1 saturated carbocycles. The SMILES string of the molecule is Cn1nc(N2CCCCC2CNc2ccnc(C3CC3)n2)ccc1=O. The Labute approximate surface area is 147 Å². The van der Waals surface area contributed by atoms with Crippen LogP contribution in [-0.4, -0.2) is 38.9 Å². The van der Waals surface area contributed by atoms with Gasteiger partial charge in [-0.3, -0.25) is 4.79 Å². The summed E-state index contributed by atoms with van der Waals surface area (Å²) in [5.74, 6) is 3.29. The van der Waals surface area contributed by atoms with Gasteiger partial charge in [-0.1, -0.05) is 0 Å². The van der Waals surface area contributed by atoms with Crippen molar-refractivity contribution in [1.29, 1.82) is 0 Å². The van der Waals surface area contributed by atoms with E-state index in [2.05, 4.69) is 25.3 Å². The fraction of sp³-hybridized carbons (Fsp3) is 0.556. The predicted octanol–water partition coefficient (Wildman–Crippen LogP) is 1.92. The highest BCUT2D eigenvalue weighted by molar-refractivity contribution is 5.41. The van der Waals surface area contributed by atoms with Gasteiger partial charge in [-0.25, -0.2) is 14.6 Å². The lowest BCUT2D eigenvalue weighted by Crippen LogP contribution is -2.45. The first-order valence-corrected chi connectivity index (χ1v) is 9.08. The lowest BCUT2D eigenvalue weighted by atomic mass is 10.0. The van der Waals surface area contributed by atoms with E-state index in [0.29, 0.717) is 12.0 Å². The summed E-state index contributed by atoms with van der Waals surface area (Å²) in [5, 5.41) is 7.90. The van der Waals surface area contributed by atoms with Crippen LogP contribution < -0.4 is 15.8 Å². The van der Waals surface area contributed by atoms with Crippen LogP contribution in [0.4, 0.5) is 11.6 Å². The number of anilines is 2. The molecule has 2 aliphatic rings. The van der Waals surface area contributed by atoms with Gasteiger partial charge in [0.05, 0.1) is 0 Å². The topological polar surface area (TPSA) is 75.9 Å². The van der Waals surface area contributed by atoms with Crippen molar-refractivity contribution in [2.45, 2.75) is 44.1 Å².